The van der Waals surface area contributed by atoms with E-state index in [1.807, 2.05) is 12.1 Å². The molecule has 1 aliphatic heterocycles. The zero-order valence-electron chi connectivity index (χ0n) is 13.9. The van der Waals surface area contributed by atoms with Gasteiger partial charge in [0.25, 0.3) is 0 Å². The minimum Gasteiger partial charge on any atom is -0.370 e. The Morgan fingerprint density at radius 1 is 1.23 bits per heavy atom. The molecular weight excluding hydrogens is 347 g/mol. The molecule has 3 rings (SSSR count). The van der Waals surface area contributed by atoms with E-state index in [1.165, 1.54) is 5.56 Å². The normalized spacial score (nSPS) is 13.5. The fourth-order valence-corrected chi connectivity index (χ4v) is 2.62. The van der Waals surface area contributed by atoms with Crippen molar-refractivity contribution < 1.29 is 18.0 Å². The quantitative estimate of drug-likeness (QED) is 0.777. The lowest BCUT2D eigenvalue weighted by Gasteiger charge is -2.17. The molecule has 2 aromatic heterocycles. The van der Waals surface area contributed by atoms with E-state index in [-0.39, 0.29) is 5.69 Å². The molecule has 0 radical (unpaired) electrons. The molecule has 0 saturated carbocycles. The summed E-state index contributed by atoms with van der Waals surface area (Å²) in [5, 5.41) is 8.34. The molecule has 0 fully saturated rings. The van der Waals surface area contributed by atoms with Crippen LogP contribution in [0.3, 0.4) is 0 Å². The lowest BCUT2D eigenvalue weighted by atomic mass is 10.1. The van der Waals surface area contributed by atoms with Gasteiger partial charge in [0, 0.05) is 25.2 Å². The van der Waals surface area contributed by atoms with Gasteiger partial charge in [-0.3, -0.25) is 0 Å². The molecule has 0 aromatic carbocycles. The van der Waals surface area contributed by atoms with Crippen molar-refractivity contribution in [3.63, 3.8) is 0 Å². The van der Waals surface area contributed by atoms with Crippen molar-refractivity contribution in [2.75, 3.05) is 23.7 Å². The number of urea groups is 1. The molecule has 2 amide bonds. The van der Waals surface area contributed by atoms with E-state index < -0.39 is 17.9 Å². The number of carbonyl (C=O) groups is 1. The fraction of sp³-hybridized carbons (Fsp3) is 0.353. The molecule has 0 bridgehead atoms. The Hall–Kier alpha value is -2.84. The minimum atomic E-state index is -4.50. The van der Waals surface area contributed by atoms with Gasteiger partial charge in [-0.05, 0) is 36.6 Å². The van der Waals surface area contributed by atoms with Crippen molar-refractivity contribution in [2.24, 2.45) is 0 Å². The number of aromatic nitrogens is 2. The van der Waals surface area contributed by atoms with Crippen LogP contribution < -0.4 is 16.0 Å². The highest BCUT2D eigenvalue weighted by Gasteiger charge is 2.32. The topological polar surface area (TPSA) is 78.9 Å². The van der Waals surface area contributed by atoms with Crippen molar-refractivity contribution in [3.05, 3.63) is 47.4 Å². The Bertz CT molecular complexity index is 777. The molecule has 0 spiro atoms. The molecular formula is C17H18F3N5O. The maximum atomic E-state index is 12.4. The van der Waals surface area contributed by atoms with Crippen LogP contribution in [0.15, 0.2) is 30.5 Å². The maximum Gasteiger partial charge on any atom is 0.433 e. The van der Waals surface area contributed by atoms with Gasteiger partial charge in [0.15, 0.2) is 0 Å². The van der Waals surface area contributed by atoms with Crippen LogP contribution in [0, 0.1) is 0 Å². The van der Waals surface area contributed by atoms with Crippen LogP contribution in [-0.2, 0) is 19.0 Å². The van der Waals surface area contributed by atoms with Crippen molar-refractivity contribution >= 4 is 17.5 Å². The first-order valence-corrected chi connectivity index (χ1v) is 8.22. The number of pyridine rings is 2. The second-order valence-corrected chi connectivity index (χ2v) is 5.90. The average Bonchev–Trinajstić information content (AvgIpc) is 2.61. The summed E-state index contributed by atoms with van der Waals surface area (Å²) in [6.07, 6.45) is -0.879. The highest BCUT2D eigenvalue weighted by Crippen LogP contribution is 2.27. The fourth-order valence-electron chi connectivity index (χ4n) is 2.62. The number of alkyl halides is 3. The van der Waals surface area contributed by atoms with Gasteiger partial charge in [-0.2, -0.15) is 13.2 Å². The van der Waals surface area contributed by atoms with Crippen LogP contribution in [0.4, 0.5) is 29.5 Å². The summed E-state index contributed by atoms with van der Waals surface area (Å²) in [6.45, 7) is 1.26. The molecule has 0 atom stereocenters. The van der Waals surface area contributed by atoms with Crippen LogP contribution in [0.2, 0.25) is 0 Å². The molecule has 9 heteroatoms. The van der Waals surface area contributed by atoms with Crippen molar-refractivity contribution in [3.8, 4) is 0 Å². The zero-order valence-corrected chi connectivity index (χ0v) is 13.9. The van der Waals surface area contributed by atoms with E-state index in [0.29, 0.717) is 13.0 Å². The summed E-state index contributed by atoms with van der Waals surface area (Å²) >= 11 is 0. The number of fused-ring (bicyclic) bond motifs is 1. The highest BCUT2D eigenvalue weighted by atomic mass is 19.4. The largest absolute Gasteiger partial charge is 0.433 e. The maximum absolute atomic E-state index is 12.4. The zero-order chi connectivity index (χ0) is 18.6. The van der Waals surface area contributed by atoms with Gasteiger partial charge in [0.05, 0.1) is 11.9 Å². The van der Waals surface area contributed by atoms with Gasteiger partial charge in [-0.1, -0.05) is 6.07 Å². The van der Waals surface area contributed by atoms with Gasteiger partial charge < -0.3 is 16.0 Å². The molecule has 138 valence electrons. The van der Waals surface area contributed by atoms with Crippen LogP contribution in [0.5, 0.6) is 0 Å². The van der Waals surface area contributed by atoms with E-state index >= 15 is 0 Å². The lowest BCUT2D eigenvalue weighted by Crippen LogP contribution is -2.30. The SMILES string of the molecule is O=C(NCCc1ccc2c(n1)NCCC2)Nc1ccc(C(F)(F)F)nc1. The van der Waals surface area contributed by atoms with Gasteiger partial charge in [-0.15, -0.1) is 0 Å². The third-order valence-corrected chi connectivity index (χ3v) is 3.93. The van der Waals surface area contributed by atoms with Gasteiger partial charge in [0.2, 0.25) is 0 Å². The third kappa shape index (κ3) is 4.62. The number of hydrogen-bond acceptors (Lipinski definition) is 4. The van der Waals surface area contributed by atoms with Crippen LogP contribution in [0.1, 0.15) is 23.4 Å². The van der Waals surface area contributed by atoms with Crippen LogP contribution in [-0.4, -0.2) is 29.1 Å². The van der Waals surface area contributed by atoms with Crippen LogP contribution in [0.25, 0.3) is 0 Å². The van der Waals surface area contributed by atoms with Gasteiger partial charge in [0.1, 0.15) is 11.5 Å². The summed E-state index contributed by atoms with van der Waals surface area (Å²) in [4.78, 5) is 19.6. The molecule has 0 aliphatic carbocycles. The molecule has 1 aliphatic rings. The number of nitrogens with one attached hydrogen (secondary N) is 3. The Labute approximate surface area is 148 Å². The number of halogens is 3. The predicted molar refractivity (Wildman–Crippen MR) is 91.0 cm³/mol. The molecule has 0 saturated heterocycles. The third-order valence-electron chi connectivity index (χ3n) is 3.93. The smallest absolute Gasteiger partial charge is 0.370 e. The summed E-state index contributed by atoms with van der Waals surface area (Å²) < 4.78 is 37.3. The van der Waals surface area contributed by atoms with E-state index in [4.69, 9.17) is 0 Å². The van der Waals surface area contributed by atoms with Crippen molar-refractivity contribution in [1.29, 1.82) is 0 Å². The first kappa shape index (κ1) is 18.0. The van der Waals surface area contributed by atoms with Gasteiger partial charge in [-0.25, -0.2) is 14.8 Å². The molecule has 6 nitrogen and oxygen atoms in total. The summed E-state index contributed by atoms with van der Waals surface area (Å²) in [7, 11) is 0. The molecule has 3 N–H and O–H groups in total. The monoisotopic (exact) mass is 365 g/mol. The predicted octanol–water partition coefficient (Wildman–Crippen LogP) is 3.22. The molecule has 26 heavy (non-hydrogen) atoms. The Balaban J connectivity index is 1.47. The number of anilines is 2. The van der Waals surface area contributed by atoms with E-state index in [0.717, 1.165) is 49.2 Å². The Kier molecular flexibility index (Phi) is 5.24. The Morgan fingerprint density at radius 2 is 2.08 bits per heavy atom. The van der Waals surface area contributed by atoms with Gasteiger partial charge >= 0.3 is 12.2 Å². The first-order chi connectivity index (χ1) is 12.4. The van der Waals surface area contributed by atoms with Crippen molar-refractivity contribution in [2.45, 2.75) is 25.4 Å². The van der Waals surface area contributed by atoms with E-state index in [2.05, 4.69) is 25.9 Å². The lowest BCUT2D eigenvalue weighted by molar-refractivity contribution is -0.141. The second-order valence-electron chi connectivity index (χ2n) is 5.90. The molecule has 2 aromatic rings. The number of aryl methyl sites for hydroxylation is 1. The second kappa shape index (κ2) is 7.59. The minimum absolute atomic E-state index is 0.187. The number of rotatable bonds is 4. The standard InChI is InChI=1S/C17H18F3N5O/c18-17(19,20)14-6-5-13(10-23-14)25-16(26)22-9-7-12-4-3-11-2-1-8-21-15(11)24-12/h3-6,10H,1-2,7-9H2,(H,21,24)(H2,22,25,26). The summed E-state index contributed by atoms with van der Waals surface area (Å²) in [5.74, 6) is 0.897. The number of hydrogen-bond donors (Lipinski definition) is 3. The highest BCUT2D eigenvalue weighted by molar-refractivity contribution is 5.88. The molecule has 0 unspecified atom stereocenters. The first-order valence-electron chi connectivity index (χ1n) is 8.22. The number of amides is 2. The number of nitrogens with zero attached hydrogens (tertiary/aromatic N) is 2. The van der Waals surface area contributed by atoms with Crippen LogP contribution >= 0.6 is 0 Å². The number of carbonyl (C=O) groups excluding carboxylic acids is 1. The Morgan fingerprint density at radius 3 is 2.81 bits per heavy atom. The average molecular weight is 365 g/mol. The van der Waals surface area contributed by atoms with Crippen molar-refractivity contribution in [1.82, 2.24) is 15.3 Å². The summed E-state index contributed by atoms with van der Waals surface area (Å²) in [5.41, 5.74) is 1.23. The summed E-state index contributed by atoms with van der Waals surface area (Å²) in [6, 6.07) is 5.44. The molecule has 3 heterocycles. The van der Waals surface area contributed by atoms with E-state index in [9.17, 15) is 18.0 Å². The van der Waals surface area contributed by atoms with E-state index in [1.54, 1.807) is 0 Å².